The van der Waals surface area contributed by atoms with Crippen LogP contribution in [0.3, 0.4) is 0 Å². The highest BCUT2D eigenvalue weighted by molar-refractivity contribution is 9.10. The number of benzene rings is 1. The molecule has 6 heteroatoms. The number of hydrogen-bond donors (Lipinski definition) is 2. The van der Waals surface area contributed by atoms with Gasteiger partial charge >= 0.3 is 0 Å². The highest BCUT2D eigenvalue weighted by atomic mass is 79.9. The van der Waals surface area contributed by atoms with Crippen molar-refractivity contribution in [3.05, 3.63) is 41.0 Å². The first-order valence-corrected chi connectivity index (χ1v) is 7.15. The molecule has 5 nitrogen and oxygen atoms in total. The largest absolute Gasteiger partial charge is 0.385 e. The minimum absolute atomic E-state index is 0.569. The van der Waals surface area contributed by atoms with Crippen molar-refractivity contribution in [3.63, 3.8) is 0 Å². The Bertz CT molecular complexity index is 550. The van der Waals surface area contributed by atoms with Gasteiger partial charge in [0.05, 0.1) is 0 Å². The Morgan fingerprint density at radius 2 is 2.20 bits per heavy atom. The van der Waals surface area contributed by atoms with Crippen molar-refractivity contribution >= 4 is 33.4 Å². The van der Waals surface area contributed by atoms with E-state index in [4.69, 9.17) is 4.74 Å². The van der Waals surface area contributed by atoms with Crippen LogP contribution < -0.4 is 10.6 Å². The van der Waals surface area contributed by atoms with Crippen molar-refractivity contribution in [1.82, 2.24) is 9.97 Å². The number of hydrogen-bond acceptors (Lipinski definition) is 5. The van der Waals surface area contributed by atoms with Crippen LogP contribution in [0, 0.1) is 0 Å². The summed E-state index contributed by atoms with van der Waals surface area (Å²) >= 11 is 3.43. The molecule has 0 amide bonds. The number of anilines is 3. The summed E-state index contributed by atoms with van der Waals surface area (Å²) in [5, 5.41) is 6.41. The van der Waals surface area contributed by atoms with Crippen molar-refractivity contribution in [2.75, 3.05) is 30.9 Å². The number of aromatic nitrogens is 2. The van der Waals surface area contributed by atoms with Crippen LogP contribution in [-0.2, 0) is 4.74 Å². The van der Waals surface area contributed by atoms with Crippen LogP contribution in [0.5, 0.6) is 0 Å². The lowest BCUT2D eigenvalue weighted by molar-refractivity contribution is 0.198. The Hall–Kier alpha value is -1.66. The third kappa shape index (κ3) is 4.79. The average Bonchev–Trinajstić information content (AvgIpc) is 2.44. The minimum Gasteiger partial charge on any atom is -0.385 e. The second kappa shape index (κ2) is 7.81. The standard InChI is InChI=1S/C14H17BrN4O/c1-20-9-3-7-16-13-6-8-17-14(19-13)18-12-5-2-4-11(15)10-12/h2,4-6,8,10H,3,7,9H2,1H3,(H2,16,17,18,19). The molecule has 0 fully saturated rings. The van der Waals surface area contributed by atoms with Gasteiger partial charge < -0.3 is 15.4 Å². The maximum absolute atomic E-state index is 5.00. The first-order chi connectivity index (χ1) is 9.78. The highest BCUT2D eigenvalue weighted by Gasteiger charge is 2.00. The average molecular weight is 337 g/mol. The van der Waals surface area contributed by atoms with Gasteiger partial charge in [-0.3, -0.25) is 0 Å². The molecular weight excluding hydrogens is 320 g/mol. The zero-order chi connectivity index (χ0) is 14.2. The number of nitrogens with zero attached hydrogens (tertiary/aromatic N) is 2. The molecule has 0 saturated heterocycles. The topological polar surface area (TPSA) is 59.1 Å². The summed E-state index contributed by atoms with van der Waals surface area (Å²) in [4.78, 5) is 8.61. The van der Waals surface area contributed by atoms with Crippen LogP contribution in [0.2, 0.25) is 0 Å². The fourth-order valence-electron chi connectivity index (χ4n) is 1.65. The van der Waals surface area contributed by atoms with Gasteiger partial charge in [-0.25, -0.2) is 4.98 Å². The summed E-state index contributed by atoms with van der Waals surface area (Å²) in [6.45, 7) is 1.56. The molecule has 0 atom stereocenters. The van der Waals surface area contributed by atoms with Crippen molar-refractivity contribution < 1.29 is 4.74 Å². The molecule has 1 heterocycles. The Morgan fingerprint density at radius 1 is 1.30 bits per heavy atom. The maximum Gasteiger partial charge on any atom is 0.229 e. The summed E-state index contributed by atoms with van der Waals surface area (Å²) in [5.41, 5.74) is 0.941. The van der Waals surface area contributed by atoms with Gasteiger partial charge in [-0.05, 0) is 30.7 Å². The summed E-state index contributed by atoms with van der Waals surface area (Å²) in [6, 6.07) is 9.72. The van der Waals surface area contributed by atoms with Gasteiger partial charge in [-0.2, -0.15) is 4.98 Å². The molecule has 20 heavy (non-hydrogen) atoms. The third-order valence-corrected chi connectivity index (χ3v) is 3.06. The van der Waals surface area contributed by atoms with Gasteiger partial charge in [0.25, 0.3) is 0 Å². The number of rotatable bonds is 7. The smallest absolute Gasteiger partial charge is 0.229 e. The van der Waals surface area contributed by atoms with Crippen LogP contribution >= 0.6 is 15.9 Å². The summed E-state index contributed by atoms with van der Waals surface area (Å²) in [5.74, 6) is 1.37. The first-order valence-electron chi connectivity index (χ1n) is 6.36. The predicted octanol–water partition coefficient (Wildman–Crippen LogP) is 3.43. The van der Waals surface area contributed by atoms with E-state index in [0.717, 1.165) is 35.6 Å². The maximum atomic E-state index is 5.00. The number of methoxy groups -OCH3 is 1. The molecule has 106 valence electrons. The molecule has 0 unspecified atom stereocenters. The normalized spacial score (nSPS) is 10.3. The van der Waals surface area contributed by atoms with Gasteiger partial charge in [-0.15, -0.1) is 0 Å². The van der Waals surface area contributed by atoms with E-state index in [1.54, 1.807) is 13.3 Å². The fraction of sp³-hybridized carbons (Fsp3) is 0.286. The van der Waals surface area contributed by atoms with E-state index in [9.17, 15) is 0 Å². The SMILES string of the molecule is COCCCNc1ccnc(Nc2cccc(Br)c2)n1. The van der Waals surface area contributed by atoms with Crippen molar-refractivity contribution in [2.24, 2.45) is 0 Å². The molecule has 2 rings (SSSR count). The van der Waals surface area contributed by atoms with Crippen molar-refractivity contribution in [2.45, 2.75) is 6.42 Å². The van der Waals surface area contributed by atoms with E-state index >= 15 is 0 Å². The number of ether oxygens (including phenoxy) is 1. The third-order valence-electron chi connectivity index (χ3n) is 2.57. The molecule has 0 aliphatic carbocycles. The molecule has 2 aromatic rings. The Kier molecular flexibility index (Phi) is 5.76. The Morgan fingerprint density at radius 3 is 3.00 bits per heavy atom. The van der Waals surface area contributed by atoms with Gasteiger partial charge in [0.15, 0.2) is 0 Å². The van der Waals surface area contributed by atoms with Gasteiger partial charge in [0.1, 0.15) is 5.82 Å². The van der Waals surface area contributed by atoms with Crippen LogP contribution in [0.1, 0.15) is 6.42 Å². The Balaban J connectivity index is 1.95. The van der Waals surface area contributed by atoms with Crippen LogP contribution in [-0.4, -0.2) is 30.2 Å². The van der Waals surface area contributed by atoms with Gasteiger partial charge in [0.2, 0.25) is 5.95 Å². The molecule has 0 bridgehead atoms. The fourth-order valence-corrected chi connectivity index (χ4v) is 2.04. The van der Waals surface area contributed by atoms with E-state index in [1.807, 2.05) is 30.3 Å². The van der Waals surface area contributed by atoms with E-state index in [2.05, 4.69) is 36.5 Å². The summed E-state index contributed by atoms with van der Waals surface area (Å²) in [6.07, 6.45) is 2.67. The summed E-state index contributed by atoms with van der Waals surface area (Å²) in [7, 11) is 1.70. The van der Waals surface area contributed by atoms with Gasteiger partial charge in [0, 0.05) is 36.6 Å². The molecule has 0 radical (unpaired) electrons. The lowest BCUT2D eigenvalue weighted by atomic mass is 10.3. The first kappa shape index (κ1) is 14.7. The van der Waals surface area contributed by atoms with Crippen LogP contribution in [0.4, 0.5) is 17.5 Å². The molecule has 1 aromatic carbocycles. The van der Waals surface area contributed by atoms with Gasteiger partial charge in [-0.1, -0.05) is 22.0 Å². The van der Waals surface area contributed by atoms with Crippen LogP contribution in [0.15, 0.2) is 41.0 Å². The molecule has 0 spiro atoms. The zero-order valence-corrected chi connectivity index (χ0v) is 12.9. The molecule has 0 saturated carbocycles. The van der Waals surface area contributed by atoms with E-state index in [-0.39, 0.29) is 0 Å². The number of halogens is 1. The molecular formula is C14H17BrN4O. The molecule has 2 N–H and O–H groups in total. The van der Waals surface area contributed by atoms with Crippen molar-refractivity contribution in [3.8, 4) is 0 Å². The second-order valence-corrected chi connectivity index (χ2v) is 5.09. The lowest BCUT2D eigenvalue weighted by Gasteiger charge is -2.08. The van der Waals surface area contributed by atoms with E-state index in [1.165, 1.54) is 0 Å². The number of nitrogens with one attached hydrogen (secondary N) is 2. The van der Waals surface area contributed by atoms with E-state index in [0.29, 0.717) is 5.95 Å². The highest BCUT2D eigenvalue weighted by Crippen LogP contribution is 2.18. The lowest BCUT2D eigenvalue weighted by Crippen LogP contribution is -2.07. The molecule has 0 aliphatic rings. The second-order valence-electron chi connectivity index (χ2n) is 4.17. The molecule has 0 aliphatic heterocycles. The zero-order valence-electron chi connectivity index (χ0n) is 11.3. The monoisotopic (exact) mass is 336 g/mol. The van der Waals surface area contributed by atoms with Crippen LogP contribution in [0.25, 0.3) is 0 Å². The molecule has 1 aromatic heterocycles. The minimum atomic E-state index is 0.569. The summed E-state index contributed by atoms with van der Waals surface area (Å²) < 4.78 is 6.01. The predicted molar refractivity (Wildman–Crippen MR) is 84.4 cm³/mol. The van der Waals surface area contributed by atoms with E-state index < -0.39 is 0 Å². The van der Waals surface area contributed by atoms with Crippen molar-refractivity contribution in [1.29, 1.82) is 0 Å². The Labute approximate surface area is 126 Å². The quantitative estimate of drug-likeness (QED) is 0.758.